The number of aryl methyl sites for hydroxylation is 2. The quantitative estimate of drug-likeness (QED) is 0.102. The van der Waals surface area contributed by atoms with E-state index in [2.05, 4.69) is 33.8 Å². The zero-order chi connectivity index (χ0) is 42.1. The third-order valence-electron chi connectivity index (χ3n) is 10.3. The number of fused-ring (bicyclic) bond motifs is 5. The monoisotopic (exact) mass is 795 g/mol. The minimum atomic E-state index is -0.519. The summed E-state index contributed by atoms with van der Waals surface area (Å²) in [6, 6.07) is 40.5. The number of nitrogens with zero attached hydrogens (tertiary/aromatic N) is 7. The van der Waals surface area contributed by atoms with E-state index in [0.29, 0.717) is 51.8 Å². The summed E-state index contributed by atoms with van der Waals surface area (Å²) in [5.41, 5.74) is 9.15. The molecule has 60 heavy (non-hydrogen) atoms. The standard InChI is InChI=1S/C25H21N3O4.C22H16N4O2/c1-16-8-11-23-22(12-16)26-24(25(30)27(23)15-18-6-4-3-5-7-18)21-14-20(28(31)32)10-9-19(21)13-17(2)29;1-14-7-10-20-19(11-14)23-21-17-12-16(26(27)28)8-9-18(17)24-22(21)25(20)13-15-5-3-2-4-6-15/h3-12,14H,13,15H2,1-2H3;2-12H,13H2,1H3. The maximum atomic E-state index is 13.6. The molecule has 0 amide bonds. The van der Waals surface area contributed by atoms with E-state index in [9.17, 15) is 29.8 Å². The number of non-ortho nitro benzene ring substituents is 2. The summed E-state index contributed by atoms with van der Waals surface area (Å²) in [7, 11) is 0. The van der Waals surface area contributed by atoms with Crippen molar-refractivity contribution >= 4 is 50.1 Å². The Morgan fingerprint density at radius 3 is 1.72 bits per heavy atom. The van der Waals surface area contributed by atoms with Crippen LogP contribution in [-0.4, -0.2) is 39.7 Å². The van der Waals surface area contributed by atoms with E-state index < -0.39 is 4.92 Å². The van der Waals surface area contributed by atoms with Gasteiger partial charge in [0.15, 0.2) is 5.82 Å². The summed E-state index contributed by atoms with van der Waals surface area (Å²) >= 11 is 0. The molecule has 0 atom stereocenters. The van der Waals surface area contributed by atoms with Gasteiger partial charge in [0.25, 0.3) is 16.9 Å². The average Bonchev–Trinajstić information content (AvgIpc) is 3.60. The lowest BCUT2D eigenvalue weighted by Crippen LogP contribution is -2.25. The number of nitro benzene ring substituents is 2. The predicted molar refractivity (Wildman–Crippen MR) is 231 cm³/mol. The summed E-state index contributed by atoms with van der Waals surface area (Å²) in [4.78, 5) is 61.4. The van der Waals surface area contributed by atoms with Crippen LogP contribution < -0.4 is 5.56 Å². The van der Waals surface area contributed by atoms with Gasteiger partial charge in [0, 0.05) is 48.2 Å². The van der Waals surface area contributed by atoms with Crippen molar-refractivity contribution in [2.24, 2.45) is 0 Å². The highest BCUT2D eigenvalue weighted by atomic mass is 16.6. The van der Waals surface area contributed by atoms with Crippen LogP contribution in [0, 0.1) is 34.1 Å². The Hall–Kier alpha value is -7.93. The fourth-order valence-corrected chi connectivity index (χ4v) is 7.40. The molecule has 0 fully saturated rings. The number of carbonyl (C=O) groups excluding carboxylic acids is 1. The smallest absolute Gasteiger partial charge is 0.277 e. The van der Waals surface area contributed by atoms with Crippen molar-refractivity contribution in [2.75, 3.05) is 0 Å². The molecule has 13 nitrogen and oxygen atoms in total. The highest BCUT2D eigenvalue weighted by Crippen LogP contribution is 2.35. The molecule has 1 aromatic heterocycles. The van der Waals surface area contributed by atoms with Gasteiger partial charge in [0.05, 0.1) is 44.0 Å². The molecule has 0 saturated heterocycles. The maximum absolute atomic E-state index is 13.6. The molecule has 0 aliphatic carbocycles. The second-order valence-corrected chi connectivity index (χ2v) is 14.7. The average molecular weight is 796 g/mol. The van der Waals surface area contributed by atoms with Gasteiger partial charge in [-0.1, -0.05) is 78.9 Å². The molecular weight excluding hydrogens is 759 g/mol. The van der Waals surface area contributed by atoms with Gasteiger partial charge in [-0.05, 0) is 78.9 Å². The molecule has 6 aromatic carbocycles. The number of hydrogen-bond donors (Lipinski definition) is 0. The Labute approximate surface area is 342 Å². The predicted octanol–water partition coefficient (Wildman–Crippen LogP) is 9.41. The van der Waals surface area contributed by atoms with Crippen LogP contribution in [0.3, 0.4) is 0 Å². The third kappa shape index (κ3) is 7.83. The second kappa shape index (κ2) is 16.1. The van der Waals surface area contributed by atoms with Gasteiger partial charge in [0.1, 0.15) is 17.2 Å². The molecule has 0 bridgehead atoms. The zero-order valence-corrected chi connectivity index (χ0v) is 32.9. The second-order valence-electron chi connectivity index (χ2n) is 14.7. The van der Waals surface area contributed by atoms with Crippen LogP contribution in [-0.2, 0) is 24.3 Å². The van der Waals surface area contributed by atoms with Crippen molar-refractivity contribution in [3.63, 3.8) is 0 Å². The fraction of sp³-hybridized carbons (Fsp3) is 0.128. The lowest BCUT2D eigenvalue weighted by atomic mass is 9.99. The lowest BCUT2D eigenvalue weighted by Gasteiger charge is -2.16. The first-order valence-corrected chi connectivity index (χ1v) is 19.1. The first-order valence-electron chi connectivity index (χ1n) is 19.1. The number of ketones is 1. The number of benzene rings is 6. The SMILES string of the molecule is CC(=O)Cc1ccc([N+](=O)[O-])cc1-c1nc2cc(C)ccc2n(Cc2ccccc2)c1=O.Cc1ccc2c(c1)nc1c3cc([N+](=O)[O-])ccc3nc-1n2Cc1ccccc1. The zero-order valence-electron chi connectivity index (χ0n) is 32.9. The van der Waals surface area contributed by atoms with Crippen LogP contribution in [0.5, 0.6) is 0 Å². The van der Waals surface area contributed by atoms with Crippen LogP contribution in [0.1, 0.15) is 34.7 Å². The Morgan fingerprint density at radius 2 is 1.13 bits per heavy atom. The van der Waals surface area contributed by atoms with Gasteiger partial charge in [-0.25, -0.2) is 15.0 Å². The summed E-state index contributed by atoms with van der Waals surface area (Å²) in [6.07, 6.45) is 0.0546. The molecule has 9 rings (SSSR count). The van der Waals surface area contributed by atoms with Crippen LogP contribution >= 0.6 is 0 Å². The van der Waals surface area contributed by atoms with Gasteiger partial charge in [-0.2, -0.15) is 0 Å². The number of carbonyl (C=O) groups is 1. The Morgan fingerprint density at radius 1 is 0.600 bits per heavy atom. The van der Waals surface area contributed by atoms with Gasteiger partial charge >= 0.3 is 0 Å². The van der Waals surface area contributed by atoms with E-state index in [1.54, 1.807) is 16.7 Å². The van der Waals surface area contributed by atoms with E-state index >= 15 is 0 Å². The molecule has 2 aliphatic heterocycles. The van der Waals surface area contributed by atoms with E-state index in [0.717, 1.165) is 39.1 Å². The topological polar surface area (TPSA) is 169 Å². The number of hydrogen-bond acceptors (Lipinski definition) is 9. The highest BCUT2D eigenvalue weighted by Gasteiger charge is 2.23. The molecule has 3 heterocycles. The van der Waals surface area contributed by atoms with E-state index in [1.165, 1.54) is 31.2 Å². The van der Waals surface area contributed by atoms with Crippen molar-refractivity contribution < 1.29 is 14.6 Å². The lowest BCUT2D eigenvalue weighted by molar-refractivity contribution is -0.384. The molecular formula is C47H37N7O6. The highest BCUT2D eigenvalue weighted by molar-refractivity contribution is 5.98. The molecule has 0 spiro atoms. The van der Waals surface area contributed by atoms with Crippen molar-refractivity contribution in [1.82, 2.24) is 24.1 Å². The Balaban J connectivity index is 0.000000167. The molecule has 0 radical (unpaired) electrons. The Kier molecular flexibility index (Phi) is 10.5. The molecule has 7 aromatic rings. The largest absolute Gasteiger partial charge is 0.318 e. The first-order chi connectivity index (χ1) is 28.9. The number of Topliss-reactive ketones (excluding diaryl/α,β-unsaturated/α-hetero) is 1. The number of rotatable bonds is 9. The third-order valence-corrected chi connectivity index (χ3v) is 10.3. The van der Waals surface area contributed by atoms with Crippen LogP contribution in [0.25, 0.3) is 55.7 Å². The molecule has 0 N–H and O–H groups in total. The van der Waals surface area contributed by atoms with Crippen LogP contribution in [0.4, 0.5) is 11.4 Å². The normalized spacial score (nSPS) is 11.2. The summed E-state index contributed by atoms with van der Waals surface area (Å²) in [6.45, 7) is 6.37. The molecule has 0 saturated carbocycles. The number of nitro groups is 2. The summed E-state index contributed by atoms with van der Waals surface area (Å²) in [5, 5.41) is 23.3. The minimum Gasteiger partial charge on any atom is -0.318 e. The van der Waals surface area contributed by atoms with Gasteiger partial charge < -0.3 is 9.13 Å². The van der Waals surface area contributed by atoms with E-state index in [1.807, 2.05) is 86.6 Å². The first kappa shape index (κ1) is 38.9. The molecule has 296 valence electrons. The summed E-state index contributed by atoms with van der Waals surface area (Å²) in [5.74, 6) is 0.622. The minimum absolute atomic E-state index is 0.0440. The number of aromatic nitrogens is 5. The van der Waals surface area contributed by atoms with Crippen LogP contribution in [0.2, 0.25) is 0 Å². The molecule has 13 heteroatoms. The Bertz CT molecular complexity index is 3160. The maximum Gasteiger partial charge on any atom is 0.277 e. The summed E-state index contributed by atoms with van der Waals surface area (Å²) < 4.78 is 3.76. The van der Waals surface area contributed by atoms with Crippen molar-refractivity contribution in [3.8, 4) is 22.8 Å². The van der Waals surface area contributed by atoms with Crippen molar-refractivity contribution in [1.29, 1.82) is 0 Å². The molecule has 0 unspecified atom stereocenters. The van der Waals surface area contributed by atoms with E-state index in [4.69, 9.17) is 9.97 Å². The van der Waals surface area contributed by atoms with Crippen LogP contribution in [0.15, 0.2) is 138 Å². The van der Waals surface area contributed by atoms with Crippen molar-refractivity contribution in [3.05, 3.63) is 192 Å². The van der Waals surface area contributed by atoms with Gasteiger partial charge in [-0.3, -0.25) is 29.8 Å². The fourth-order valence-electron chi connectivity index (χ4n) is 7.40. The van der Waals surface area contributed by atoms with Gasteiger partial charge in [-0.15, -0.1) is 0 Å². The molecule has 2 aliphatic rings. The van der Waals surface area contributed by atoms with E-state index in [-0.39, 0.29) is 39.8 Å². The van der Waals surface area contributed by atoms with Crippen molar-refractivity contribution in [2.45, 2.75) is 40.3 Å². The van der Waals surface area contributed by atoms with Gasteiger partial charge in [0.2, 0.25) is 0 Å².